The third kappa shape index (κ3) is 4.08. The number of rotatable bonds is 4. The van der Waals surface area contributed by atoms with E-state index in [4.69, 9.17) is 0 Å². The first-order chi connectivity index (χ1) is 11.4. The van der Waals surface area contributed by atoms with E-state index >= 15 is 0 Å². The SMILES string of the molecule is Cc1cccc(Nc2cnc(C(=O)NC3CCS(=O)(=O)C3)cn2)c1. The molecule has 0 saturated carbocycles. The molecule has 1 aromatic carbocycles. The minimum Gasteiger partial charge on any atom is -0.347 e. The lowest BCUT2D eigenvalue weighted by Gasteiger charge is -2.10. The van der Waals surface area contributed by atoms with Crippen molar-refractivity contribution in [3.8, 4) is 0 Å². The summed E-state index contributed by atoms with van der Waals surface area (Å²) in [4.78, 5) is 20.4. The number of nitrogens with zero attached hydrogens (tertiary/aromatic N) is 2. The Kier molecular flexibility index (Phi) is 4.48. The summed E-state index contributed by atoms with van der Waals surface area (Å²) in [5, 5.41) is 5.80. The van der Waals surface area contributed by atoms with E-state index in [2.05, 4.69) is 20.6 Å². The molecule has 24 heavy (non-hydrogen) atoms. The average Bonchev–Trinajstić information content (AvgIpc) is 2.87. The smallest absolute Gasteiger partial charge is 0.271 e. The number of aromatic nitrogens is 2. The summed E-state index contributed by atoms with van der Waals surface area (Å²) >= 11 is 0. The summed E-state index contributed by atoms with van der Waals surface area (Å²) in [5.74, 6) is 0.217. The van der Waals surface area contributed by atoms with Gasteiger partial charge in [-0.1, -0.05) is 12.1 Å². The molecule has 0 radical (unpaired) electrons. The highest BCUT2D eigenvalue weighted by molar-refractivity contribution is 7.91. The lowest BCUT2D eigenvalue weighted by atomic mass is 10.2. The van der Waals surface area contributed by atoms with Crippen LogP contribution in [0, 0.1) is 6.92 Å². The molecular formula is C16H18N4O3S. The van der Waals surface area contributed by atoms with Crippen LogP contribution in [0.3, 0.4) is 0 Å². The van der Waals surface area contributed by atoms with Crippen LogP contribution in [-0.4, -0.2) is 41.8 Å². The van der Waals surface area contributed by atoms with Crippen LogP contribution in [0.25, 0.3) is 0 Å². The second kappa shape index (κ2) is 6.56. The molecule has 126 valence electrons. The van der Waals surface area contributed by atoms with Crippen molar-refractivity contribution in [2.75, 3.05) is 16.8 Å². The van der Waals surface area contributed by atoms with Crippen LogP contribution in [0.5, 0.6) is 0 Å². The zero-order valence-electron chi connectivity index (χ0n) is 13.2. The van der Waals surface area contributed by atoms with E-state index in [0.717, 1.165) is 11.3 Å². The highest BCUT2D eigenvalue weighted by Crippen LogP contribution is 2.15. The first-order valence-electron chi connectivity index (χ1n) is 7.58. The second-order valence-electron chi connectivity index (χ2n) is 5.85. The molecular weight excluding hydrogens is 328 g/mol. The molecule has 1 unspecified atom stereocenters. The number of sulfone groups is 1. The Bertz CT molecular complexity index is 850. The van der Waals surface area contributed by atoms with Gasteiger partial charge in [-0.2, -0.15) is 0 Å². The predicted molar refractivity (Wildman–Crippen MR) is 91.0 cm³/mol. The van der Waals surface area contributed by atoms with Crippen molar-refractivity contribution >= 4 is 27.2 Å². The Labute approximate surface area is 140 Å². The van der Waals surface area contributed by atoms with Crippen LogP contribution in [0.15, 0.2) is 36.7 Å². The lowest BCUT2D eigenvalue weighted by Crippen LogP contribution is -2.36. The summed E-state index contributed by atoms with van der Waals surface area (Å²) in [6.07, 6.45) is 3.29. The van der Waals surface area contributed by atoms with E-state index in [-0.39, 0.29) is 23.2 Å². The van der Waals surface area contributed by atoms with E-state index in [1.54, 1.807) is 0 Å². The Morgan fingerprint density at radius 2 is 2.08 bits per heavy atom. The summed E-state index contributed by atoms with van der Waals surface area (Å²) in [6.45, 7) is 1.99. The highest BCUT2D eigenvalue weighted by atomic mass is 32.2. The quantitative estimate of drug-likeness (QED) is 0.869. The van der Waals surface area contributed by atoms with E-state index < -0.39 is 15.7 Å². The Hall–Kier alpha value is -2.48. The van der Waals surface area contributed by atoms with Crippen molar-refractivity contribution < 1.29 is 13.2 Å². The average molecular weight is 346 g/mol. The molecule has 1 aliphatic rings. The van der Waals surface area contributed by atoms with E-state index in [1.807, 2.05) is 31.2 Å². The number of benzene rings is 1. The van der Waals surface area contributed by atoms with Gasteiger partial charge in [-0.25, -0.2) is 18.4 Å². The summed E-state index contributed by atoms with van der Waals surface area (Å²) in [5.41, 5.74) is 2.17. The van der Waals surface area contributed by atoms with Gasteiger partial charge in [-0.05, 0) is 31.0 Å². The minimum absolute atomic E-state index is 0.0147. The third-order valence-corrected chi connectivity index (χ3v) is 5.51. The molecule has 0 aliphatic carbocycles. The topological polar surface area (TPSA) is 101 Å². The van der Waals surface area contributed by atoms with Crippen molar-refractivity contribution in [1.82, 2.24) is 15.3 Å². The number of nitrogens with one attached hydrogen (secondary N) is 2. The molecule has 1 aliphatic heterocycles. The van der Waals surface area contributed by atoms with Gasteiger partial charge in [0.2, 0.25) is 0 Å². The number of aryl methyl sites for hydroxylation is 1. The van der Waals surface area contributed by atoms with Crippen LogP contribution >= 0.6 is 0 Å². The van der Waals surface area contributed by atoms with Crippen LogP contribution in [0.4, 0.5) is 11.5 Å². The lowest BCUT2D eigenvalue weighted by molar-refractivity contribution is 0.0935. The molecule has 2 aromatic rings. The molecule has 0 spiro atoms. The number of amides is 1. The van der Waals surface area contributed by atoms with Gasteiger partial charge in [-0.15, -0.1) is 0 Å². The van der Waals surface area contributed by atoms with Gasteiger partial charge in [0.25, 0.3) is 5.91 Å². The molecule has 1 amide bonds. The van der Waals surface area contributed by atoms with Gasteiger partial charge in [0.1, 0.15) is 11.5 Å². The summed E-state index contributed by atoms with van der Waals surface area (Å²) in [7, 11) is -3.03. The number of hydrogen-bond donors (Lipinski definition) is 2. The van der Waals surface area contributed by atoms with Crippen LogP contribution < -0.4 is 10.6 Å². The van der Waals surface area contributed by atoms with Crippen LogP contribution in [0.1, 0.15) is 22.5 Å². The molecule has 2 heterocycles. The zero-order valence-corrected chi connectivity index (χ0v) is 14.0. The van der Waals surface area contributed by atoms with E-state index in [1.165, 1.54) is 12.4 Å². The largest absolute Gasteiger partial charge is 0.347 e. The van der Waals surface area contributed by atoms with Crippen LogP contribution in [0.2, 0.25) is 0 Å². The fraction of sp³-hybridized carbons (Fsp3) is 0.312. The van der Waals surface area contributed by atoms with Crippen molar-refractivity contribution in [2.45, 2.75) is 19.4 Å². The van der Waals surface area contributed by atoms with Gasteiger partial charge in [-0.3, -0.25) is 4.79 Å². The normalized spacial score (nSPS) is 19.0. The number of carbonyl (C=O) groups excluding carboxylic acids is 1. The second-order valence-corrected chi connectivity index (χ2v) is 8.08. The van der Waals surface area contributed by atoms with Gasteiger partial charge in [0.15, 0.2) is 9.84 Å². The zero-order chi connectivity index (χ0) is 17.2. The van der Waals surface area contributed by atoms with Crippen molar-refractivity contribution in [3.63, 3.8) is 0 Å². The first-order valence-corrected chi connectivity index (χ1v) is 9.40. The Morgan fingerprint density at radius 1 is 1.25 bits per heavy atom. The predicted octanol–water partition coefficient (Wildman–Crippen LogP) is 1.45. The monoisotopic (exact) mass is 346 g/mol. The molecule has 1 atom stereocenters. The molecule has 1 saturated heterocycles. The number of hydrogen-bond acceptors (Lipinski definition) is 6. The molecule has 7 nitrogen and oxygen atoms in total. The molecule has 1 aromatic heterocycles. The van der Waals surface area contributed by atoms with E-state index in [0.29, 0.717) is 12.2 Å². The number of carbonyl (C=O) groups is 1. The van der Waals surface area contributed by atoms with Crippen molar-refractivity contribution in [1.29, 1.82) is 0 Å². The van der Waals surface area contributed by atoms with Gasteiger partial charge in [0, 0.05) is 11.7 Å². The maximum absolute atomic E-state index is 12.1. The number of anilines is 2. The maximum atomic E-state index is 12.1. The standard InChI is InChI=1S/C16H18N4O3S/c1-11-3-2-4-12(7-11)19-15-9-17-14(8-18-15)16(21)20-13-5-6-24(22,23)10-13/h2-4,7-9,13H,5-6,10H2,1H3,(H,18,19)(H,20,21). The maximum Gasteiger partial charge on any atom is 0.271 e. The van der Waals surface area contributed by atoms with E-state index in [9.17, 15) is 13.2 Å². The minimum atomic E-state index is -3.03. The summed E-state index contributed by atoms with van der Waals surface area (Å²) < 4.78 is 22.8. The highest BCUT2D eigenvalue weighted by Gasteiger charge is 2.29. The summed E-state index contributed by atoms with van der Waals surface area (Å²) in [6, 6.07) is 7.46. The van der Waals surface area contributed by atoms with Gasteiger partial charge < -0.3 is 10.6 Å². The van der Waals surface area contributed by atoms with Crippen molar-refractivity contribution in [2.24, 2.45) is 0 Å². The molecule has 8 heteroatoms. The third-order valence-electron chi connectivity index (χ3n) is 3.74. The molecule has 1 fully saturated rings. The van der Waals surface area contributed by atoms with Gasteiger partial charge in [0.05, 0.1) is 23.9 Å². The Balaban J connectivity index is 1.62. The fourth-order valence-corrected chi connectivity index (χ4v) is 4.22. The van der Waals surface area contributed by atoms with Crippen LogP contribution in [-0.2, 0) is 9.84 Å². The Morgan fingerprint density at radius 3 is 2.71 bits per heavy atom. The molecule has 0 bridgehead atoms. The van der Waals surface area contributed by atoms with Crippen molar-refractivity contribution in [3.05, 3.63) is 47.9 Å². The fourth-order valence-electron chi connectivity index (χ4n) is 2.55. The molecule has 3 rings (SSSR count). The molecule has 2 N–H and O–H groups in total. The first kappa shape index (κ1) is 16.4. The van der Waals surface area contributed by atoms with Gasteiger partial charge >= 0.3 is 0 Å².